The summed E-state index contributed by atoms with van der Waals surface area (Å²) in [6, 6.07) is 9.22. The lowest BCUT2D eigenvalue weighted by Gasteiger charge is -2.23. The monoisotopic (exact) mass is 233 g/mol. The maximum absolute atomic E-state index is 11.5. The first-order valence-corrected chi connectivity index (χ1v) is 5.71. The molecule has 0 bridgehead atoms. The number of rotatable bonds is 3. The smallest absolute Gasteiger partial charge is 0.319 e. The molecule has 16 heavy (non-hydrogen) atoms. The molecular formula is C12H11NO2S. The Morgan fingerprint density at radius 3 is 2.56 bits per heavy atom. The summed E-state index contributed by atoms with van der Waals surface area (Å²) in [5.74, 6) is -0.858. The number of benzene rings is 1. The van der Waals surface area contributed by atoms with Gasteiger partial charge in [0.1, 0.15) is 5.41 Å². The summed E-state index contributed by atoms with van der Waals surface area (Å²) < 4.78 is 0. The Morgan fingerprint density at radius 1 is 1.38 bits per heavy atom. The molecule has 0 fully saturated rings. The Labute approximate surface area is 97.4 Å². The first-order chi connectivity index (χ1) is 7.65. The maximum atomic E-state index is 11.5. The van der Waals surface area contributed by atoms with Gasteiger partial charge in [-0.2, -0.15) is 0 Å². The van der Waals surface area contributed by atoms with E-state index in [0.29, 0.717) is 0 Å². The van der Waals surface area contributed by atoms with Crippen LogP contribution in [0.2, 0.25) is 0 Å². The third kappa shape index (κ3) is 1.61. The van der Waals surface area contributed by atoms with Gasteiger partial charge in [-0.05, 0) is 12.5 Å². The van der Waals surface area contributed by atoms with E-state index < -0.39 is 11.4 Å². The normalized spacial score (nSPS) is 14.3. The van der Waals surface area contributed by atoms with Crippen molar-refractivity contribution in [1.82, 2.24) is 4.98 Å². The standard InChI is InChI=1S/C12H11NO2S/c1-12(11(14)15,10-7-13-8-16-10)9-5-3-2-4-6-9/h2-8H,1H3,(H,14,15). The van der Waals surface area contributed by atoms with Crippen molar-refractivity contribution < 1.29 is 9.90 Å². The second-order valence-corrected chi connectivity index (χ2v) is 4.55. The molecule has 1 heterocycles. The van der Waals surface area contributed by atoms with Gasteiger partial charge in [0.15, 0.2) is 0 Å². The molecule has 0 aliphatic heterocycles. The quantitative estimate of drug-likeness (QED) is 0.886. The van der Waals surface area contributed by atoms with Gasteiger partial charge in [-0.3, -0.25) is 9.78 Å². The SMILES string of the molecule is CC(C(=O)O)(c1ccccc1)c1cncs1. The van der Waals surface area contributed by atoms with Crippen molar-refractivity contribution in [2.75, 3.05) is 0 Å². The summed E-state index contributed by atoms with van der Waals surface area (Å²) in [7, 11) is 0. The summed E-state index contributed by atoms with van der Waals surface area (Å²) in [5, 5.41) is 9.44. The van der Waals surface area contributed by atoms with Crippen LogP contribution >= 0.6 is 11.3 Å². The highest BCUT2D eigenvalue weighted by Gasteiger charge is 2.38. The first kappa shape index (κ1) is 10.8. The lowest BCUT2D eigenvalue weighted by atomic mass is 9.81. The number of aromatic nitrogens is 1. The largest absolute Gasteiger partial charge is 0.480 e. The van der Waals surface area contributed by atoms with E-state index in [-0.39, 0.29) is 0 Å². The molecule has 1 atom stereocenters. The Hall–Kier alpha value is -1.68. The van der Waals surface area contributed by atoms with Crippen LogP contribution in [0.1, 0.15) is 17.4 Å². The summed E-state index contributed by atoms with van der Waals surface area (Å²) in [5.41, 5.74) is 1.41. The number of aliphatic carboxylic acids is 1. The molecule has 0 aliphatic carbocycles. The van der Waals surface area contributed by atoms with E-state index in [0.717, 1.165) is 10.4 Å². The molecule has 1 N–H and O–H groups in total. The number of carbonyl (C=O) groups is 1. The van der Waals surface area contributed by atoms with Crippen LogP contribution < -0.4 is 0 Å². The fraction of sp³-hybridized carbons (Fsp3) is 0.167. The summed E-state index contributed by atoms with van der Waals surface area (Å²) in [6.45, 7) is 1.71. The van der Waals surface area contributed by atoms with Crippen molar-refractivity contribution in [3.8, 4) is 0 Å². The molecule has 1 unspecified atom stereocenters. The molecule has 2 aromatic rings. The minimum atomic E-state index is -1.01. The Morgan fingerprint density at radius 2 is 2.06 bits per heavy atom. The molecular weight excluding hydrogens is 222 g/mol. The van der Waals surface area contributed by atoms with Crippen molar-refractivity contribution in [3.05, 3.63) is 52.5 Å². The van der Waals surface area contributed by atoms with Crippen LogP contribution in [0.3, 0.4) is 0 Å². The second kappa shape index (κ2) is 4.06. The van der Waals surface area contributed by atoms with Crippen molar-refractivity contribution in [3.63, 3.8) is 0 Å². The minimum absolute atomic E-state index is 0.742. The minimum Gasteiger partial charge on any atom is -0.480 e. The van der Waals surface area contributed by atoms with Gasteiger partial charge < -0.3 is 5.11 Å². The van der Waals surface area contributed by atoms with Crippen molar-refractivity contribution >= 4 is 17.3 Å². The van der Waals surface area contributed by atoms with Crippen LogP contribution in [0.4, 0.5) is 0 Å². The lowest BCUT2D eigenvalue weighted by Crippen LogP contribution is -2.32. The summed E-state index contributed by atoms with van der Waals surface area (Å²) >= 11 is 1.36. The molecule has 82 valence electrons. The number of carboxylic acids is 1. The van der Waals surface area contributed by atoms with Gasteiger partial charge in [0.2, 0.25) is 0 Å². The average Bonchev–Trinajstić information content (AvgIpc) is 2.82. The zero-order valence-corrected chi connectivity index (χ0v) is 9.57. The van der Waals surface area contributed by atoms with Crippen molar-refractivity contribution in [2.24, 2.45) is 0 Å². The van der Waals surface area contributed by atoms with Gasteiger partial charge in [-0.1, -0.05) is 30.3 Å². The predicted molar refractivity (Wildman–Crippen MR) is 62.6 cm³/mol. The van der Waals surface area contributed by atoms with Gasteiger partial charge in [0, 0.05) is 11.1 Å². The Balaban J connectivity index is 2.58. The fourth-order valence-electron chi connectivity index (χ4n) is 1.61. The van der Waals surface area contributed by atoms with Crippen molar-refractivity contribution in [1.29, 1.82) is 0 Å². The van der Waals surface area contributed by atoms with E-state index in [1.807, 2.05) is 30.3 Å². The molecule has 3 nitrogen and oxygen atoms in total. The molecule has 1 aromatic carbocycles. The molecule has 0 radical (unpaired) electrons. The van der Waals surface area contributed by atoms with Crippen LogP contribution in [-0.4, -0.2) is 16.1 Å². The van der Waals surface area contributed by atoms with E-state index in [4.69, 9.17) is 0 Å². The molecule has 0 saturated heterocycles. The number of thiazole rings is 1. The number of nitrogens with zero attached hydrogens (tertiary/aromatic N) is 1. The molecule has 0 amide bonds. The molecule has 2 rings (SSSR count). The zero-order chi connectivity index (χ0) is 11.6. The first-order valence-electron chi connectivity index (χ1n) is 4.83. The van der Waals surface area contributed by atoms with Crippen LogP contribution in [0.25, 0.3) is 0 Å². The highest BCUT2D eigenvalue weighted by Crippen LogP contribution is 2.34. The van der Waals surface area contributed by atoms with Crippen molar-refractivity contribution in [2.45, 2.75) is 12.3 Å². The predicted octanol–water partition coefficient (Wildman–Crippen LogP) is 2.53. The number of hydrogen-bond acceptors (Lipinski definition) is 3. The highest BCUT2D eigenvalue weighted by atomic mass is 32.1. The molecule has 4 heteroatoms. The Bertz CT molecular complexity index is 481. The topological polar surface area (TPSA) is 50.2 Å². The van der Waals surface area contributed by atoms with E-state index in [1.54, 1.807) is 18.6 Å². The van der Waals surface area contributed by atoms with Gasteiger partial charge in [-0.25, -0.2) is 0 Å². The van der Waals surface area contributed by atoms with Crippen LogP contribution in [-0.2, 0) is 10.2 Å². The number of hydrogen-bond donors (Lipinski definition) is 1. The van der Waals surface area contributed by atoms with Gasteiger partial charge >= 0.3 is 5.97 Å². The van der Waals surface area contributed by atoms with Crippen LogP contribution in [0.5, 0.6) is 0 Å². The van der Waals surface area contributed by atoms with E-state index in [9.17, 15) is 9.90 Å². The Kier molecular flexibility index (Phi) is 2.75. The average molecular weight is 233 g/mol. The molecule has 1 aromatic heterocycles. The van der Waals surface area contributed by atoms with Crippen LogP contribution in [0, 0.1) is 0 Å². The van der Waals surface area contributed by atoms with Crippen LogP contribution in [0.15, 0.2) is 42.0 Å². The zero-order valence-electron chi connectivity index (χ0n) is 8.75. The molecule has 0 aliphatic rings. The van der Waals surface area contributed by atoms with E-state index in [2.05, 4.69) is 4.98 Å². The summed E-state index contributed by atoms with van der Waals surface area (Å²) in [6.07, 6.45) is 1.62. The highest BCUT2D eigenvalue weighted by molar-refractivity contribution is 7.09. The summed E-state index contributed by atoms with van der Waals surface area (Å²) in [4.78, 5) is 16.2. The molecule has 0 saturated carbocycles. The van der Waals surface area contributed by atoms with E-state index in [1.165, 1.54) is 11.3 Å². The molecule has 0 spiro atoms. The fourth-order valence-corrected chi connectivity index (χ4v) is 2.40. The lowest BCUT2D eigenvalue weighted by molar-refractivity contribution is -0.141. The van der Waals surface area contributed by atoms with Gasteiger partial charge in [0.25, 0.3) is 0 Å². The second-order valence-electron chi connectivity index (χ2n) is 3.66. The van der Waals surface area contributed by atoms with E-state index >= 15 is 0 Å². The third-order valence-corrected chi connectivity index (χ3v) is 3.70. The number of carboxylic acid groups (broad SMARTS) is 1. The van der Waals surface area contributed by atoms with Gasteiger partial charge in [0.05, 0.1) is 5.51 Å². The third-order valence-electron chi connectivity index (χ3n) is 2.70. The maximum Gasteiger partial charge on any atom is 0.319 e. The van der Waals surface area contributed by atoms with Gasteiger partial charge in [-0.15, -0.1) is 11.3 Å².